The van der Waals surface area contributed by atoms with Crippen molar-refractivity contribution < 1.29 is 14.3 Å². The third-order valence-corrected chi connectivity index (χ3v) is 4.65. The summed E-state index contributed by atoms with van der Waals surface area (Å²) in [4.78, 5) is 25.3. The molecule has 0 bridgehead atoms. The lowest BCUT2D eigenvalue weighted by molar-refractivity contribution is -0.118. The van der Waals surface area contributed by atoms with Crippen LogP contribution in [0, 0.1) is 11.3 Å². The van der Waals surface area contributed by atoms with E-state index in [4.69, 9.17) is 10.00 Å². The Bertz CT molecular complexity index is 1290. The number of benzene rings is 3. The number of rotatable bonds is 7. The molecule has 0 unspecified atom stereocenters. The zero-order valence-corrected chi connectivity index (χ0v) is 16.9. The standard InChI is InChI=1S/C25H18N4O3/c26-14-18-10-12-20(13-11-18)28-24(30)17-32-23-9-5-4-8-22(23)25(31)19-15-27-29(16-19)21-6-2-1-3-7-21/h1-13,15-16H,17H2,(H,28,30). The van der Waals surface area contributed by atoms with E-state index in [1.165, 1.54) is 6.20 Å². The number of anilines is 1. The number of hydrogen-bond donors (Lipinski definition) is 1. The summed E-state index contributed by atoms with van der Waals surface area (Å²) in [5, 5.41) is 15.8. The summed E-state index contributed by atoms with van der Waals surface area (Å²) in [6, 6.07) is 24.8. The average Bonchev–Trinajstić information content (AvgIpc) is 3.34. The van der Waals surface area contributed by atoms with Crippen LogP contribution in [0.2, 0.25) is 0 Å². The molecule has 0 atom stereocenters. The van der Waals surface area contributed by atoms with Gasteiger partial charge in [-0.15, -0.1) is 0 Å². The van der Waals surface area contributed by atoms with Crippen LogP contribution in [0.3, 0.4) is 0 Å². The van der Waals surface area contributed by atoms with Crippen molar-refractivity contribution in [3.8, 4) is 17.5 Å². The molecule has 0 radical (unpaired) electrons. The minimum absolute atomic E-state index is 0.254. The molecule has 1 aromatic heterocycles. The number of amides is 1. The molecule has 0 saturated heterocycles. The molecule has 156 valence electrons. The number of carbonyl (C=O) groups is 2. The summed E-state index contributed by atoms with van der Waals surface area (Å²) in [5.74, 6) is -0.330. The summed E-state index contributed by atoms with van der Waals surface area (Å²) >= 11 is 0. The Morgan fingerprint density at radius 1 is 0.969 bits per heavy atom. The lowest BCUT2D eigenvalue weighted by atomic mass is 10.1. The quantitative estimate of drug-likeness (QED) is 0.454. The highest BCUT2D eigenvalue weighted by molar-refractivity contribution is 6.10. The van der Waals surface area contributed by atoms with E-state index in [1.54, 1.807) is 59.4 Å². The van der Waals surface area contributed by atoms with Crippen LogP contribution < -0.4 is 10.1 Å². The Morgan fingerprint density at radius 3 is 2.44 bits per heavy atom. The number of para-hydroxylation sites is 2. The van der Waals surface area contributed by atoms with Crippen molar-refractivity contribution in [2.45, 2.75) is 0 Å². The van der Waals surface area contributed by atoms with Crippen LogP contribution in [0.15, 0.2) is 91.3 Å². The van der Waals surface area contributed by atoms with E-state index in [9.17, 15) is 9.59 Å². The molecular formula is C25H18N4O3. The molecule has 4 aromatic rings. The van der Waals surface area contributed by atoms with Gasteiger partial charge in [-0.25, -0.2) is 4.68 Å². The Morgan fingerprint density at radius 2 is 1.69 bits per heavy atom. The maximum absolute atomic E-state index is 13.0. The second kappa shape index (κ2) is 9.41. The topological polar surface area (TPSA) is 97.0 Å². The molecule has 1 N–H and O–H groups in total. The van der Waals surface area contributed by atoms with Crippen molar-refractivity contribution >= 4 is 17.4 Å². The molecule has 0 aliphatic carbocycles. The van der Waals surface area contributed by atoms with Gasteiger partial charge in [-0.1, -0.05) is 30.3 Å². The normalized spacial score (nSPS) is 10.2. The molecule has 0 saturated carbocycles. The highest BCUT2D eigenvalue weighted by atomic mass is 16.5. The highest BCUT2D eigenvalue weighted by Gasteiger charge is 2.17. The molecule has 0 spiro atoms. The first kappa shape index (κ1) is 20.6. The predicted octanol–water partition coefficient (Wildman–Crippen LogP) is 3.99. The number of aromatic nitrogens is 2. The number of nitrogens with one attached hydrogen (secondary N) is 1. The van der Waals surface area contributed by atoms with Crippen molar-refractivity contribution in [1.82, 2.24) is 9.78 Å². The molecule has 7 nitrogen and oxygen atoms in total. The average molecular weight is 422 g/mol. The molecule has 0 aliphatic heterocycles. The highest BCUT2D eigenvalue weighted by Crippen LogP contribution is 2.22. The number of hydrogen-bond acceptors (Lipinski definition) is 5. The van der Waals surface area contributed by atoms with Crippen LogP contribution in [-0.4, -0.2) is 28.1 Å². The van der Waals surface area contributed by atoms with Gasteiger partial charge >= 0.3 is 0 Å². The fourth-order valence-electron chi connectivity index (χ4n) is 3.07. The largest absolute Gasteiger partial charge is 0.483 e. The number of nitriles is 1. The van der Waals surface area contributed by atoms with Gasteiger partial charge in [-0.3, -0.25) is 9.59 Å². The predicted molar refractivity (Wildman–Crippen MR) is 119 cm³/mol. The van der Waals surface area contributed by atoms with Gasteiger partial charge in [0.1, 0.15) is 5.75 Å². The van der Waals surface area contributed by atoms with Crippen molar-refractivity contribution in [2.24, 2.45) is 0 Å². The first-order chi connectivity index (χ1) is 15.6. The van der Waals surface area contributed by atoms with Crippen LogP contribution in [0.25, 0.3) is 5.69 Å². The molecule has 1 heterocycles. The lowest BCUT2D eigenvalue weighted by Crippen LogP contribution is -2.20. The van der Waals surface area contributed by atoms with E-state index in [0.29, 0.717) is 28.1 Å². The Balaban J connectivity index is 1.44. The smallest absolute Gasteiger partial charge is 0.262 e. The van der Waals surface area contributed by atoms with E-state index in [2.05, 4.69) is 10.4 Å². The van der Waals surface area contributed by atoms with E-state index in [-0.39, 0.29) is 18.3 Å². The van der Waals surface area contributed by atoms with E-state index >= 15 is 0 Å². The molecular weight excluding hydrogens is 404 g/mol. The van der Waals surface area contributed by atoms with Crippen molar-refractivity contribution in [3.05, 3.63) is 108 Å². The van der Waals surface area contributed by atoms with Gasteiger partial charge in [0.15, 0.2) is 12.4 Å². The van der Waals surface area contributed by atoms with Gasteiger partial charge in [0.25, 0.3) is 5.91 Å². The minimum Gasteiger partial charge on any atom is -0.483 e. The van der Waals surface area contributed by atoms with E-state index in [0.717, 1.165) is 5.69 Å². The van der Waals surface area contributed by atoms with Crippen LogP contribution in [0.5, 0.6) is 5.75 Å². The summed E-state index contributed by atoms with van der Waals surface area (Å²) in [6.45, 7) is -0.270. The molecule has 7 heteroatoms. The Kier molecular flexibility index (Phi) is 6.05. The maximum Gasteiger partial charge on any atom is 0.262 e. The number of nitrogens with zero attached hydrogens (tertiary/aromatic N) is 3. The van der Waals surface area contributed by atoms with Crippen LogP contribution in [0.4, 0.5) is 5.69 Å². The Labute approximate surface area is 184 Å². The molecule has 3 aromatic carbocycles. The van der Waals surface area contributed by atoms with Gasteiger partial charge in [-0.2, -0.15) is 10.4 Å². The molecule has 0 fully saturated rings. The minimum atomic E-state index is -0.381. The molecule has 32 heavy (non-hydrogen) atoms. The summed E-state index contributed by atoms with van der Waals surface area (Å²) in [7, 11) is 0. The second-order valence-corrected chi connectivity index (χ2v) is 6.86. The summed E-state index contributed by atoms with van der Waals surface area (Å²) < 4.78 is 7.26. The SMILES string of the molecule is N#Cc1ccc(NC(=O)COc2ccccc2C(=O)c2cnn(-c3ccccc3)c2)cc1. The molecule has 4 rings (SSSR count). The second-order valence-electron chi connectivity index (χ2n) is 6.86. The summed E-state index contributed by atoms with van der Waals surface area (Å²) in [5.41, 5.74) is 2.64. The summed E-state index contributed by atoms with van der Waals surface area (Å²) in [6.07, 6.45) is 3.16. The van der Waals surface area contributed by atoms with E-state index < -0.39 is 0 Å². The zero-order valence-electron chi connectivity index (χ0n) is 16.9. The molecule has 0 aliphatic rings. The fourth-order valence-corrected chi connectivity index (χ4v) is 3.07. The van der Waals surface area contributed by atoms with Crippen LogP contribution in [-0.2, 0) is 4.79 Å². The Hall–Kier alpha value is -4.70. The lowest BCUT2D eigenvalue weighted by Gasteiger charge is -2.10. The first-order valence-electron chi connectivity index (χ1n) is 9.80. The van der Waals surface area contributed by atoms with Gasteiger partial charge in [0, 0.05) is 11.9 Å². The van der Waals surface area contributed by atoms with Crippen LogP contribution >= 0.6 is 0 Å². The first-order valence-corrected chi connectivity index (χ1v) is 9.80. The number of ketones is 1. The zero-order chi connectivity index (χ0) is 22.3. The van der Waals surface area contributed by atoms with Crippen molar-refractivity contribution in [2.75, 3.05) is 11.9 Å². The van der Waals surface area contributed by atoms with Gasteiger partial charge in [-0.05, 0) is 48.5 Å². The van der Waals surface area contributed by atoms with Gasteiger partial charge in [0.05, 0.1) is 34.6 Å². The maximum atomic E-state index is 13.0. The fraction of sp³-hybridized carbons (Fsp3) is 0.0400. The number of ether oxygens (including phenoxy) is 1. The van der Waals surface area contributed by atoms with Crippen molar-refractivity contribution in [1.29, 1.82) is 5.26 Å². The van der Waals surface area contributed by atoms with Crippen LogP contribution in [0.1, 0.15) is 21.5 Å². The van der Waals surface area contributed by atoms with Crippen molar-refractivity contribution in [3.63, 3.8) is 0 Å². The third-order valence-electron chi connectivity index (χ3n) is 4.65. The third kappa shape index (κ3) is 4.71. The van der Waals surface area contributed by atoms with Gasteiger partial charge in [0.2, 0.25) is 0 Å². The monoisotopic (exact) mass is 422 g/mol. The number of carbonyl (C=O) groups excluding carboxylic acids is 2. The molecule has 1 amide bonds. The van der Waals surface area contributed by atoms with E-state index in [1.807, 2.05) is 36.4 Å². The van der Waals surface area contributed by atoms with Gasteiger partial charge < -0.3 is 10.1 Å².